The number of carbonyl (C=O) groups excluding carboxylic acids is 1. The molecule has 6 heteroatoms. The topological polar surface area (TPSA) is 42.0 Å². The molecule has 3 rings (SSSR count). The van der Waals surface area contributed by atoms with Gasteiger partial charge in [-0.3, -0.25) is 4.79 Å². The summed E-state index contributed by atoms with van der Waals surface area (Å²) in [5.74, 6) is -0.234. The molecule has 3 aromatic rings. The number of nitrogens with one attached hydrogen (secondary N) is 1. The quantitative estimate of drug-likeness (QED) is 0.657. The summed E-state index contributed by atoms with van der Waals surface area (Å²) >= 11 is 11.0. The van der Waals surface area contributed by atoms with Gasteiger partial charge in [0.05, 0.1) is 25.8 Å². The number of fused-ring (bicyclic) bond motifs is 1. The standard InChI is InChI=1S/C15H10BrClN2OS/c1-8-18-13-5-3-10(7-14(13)21-8)19-15(20)11-6-9(16)2-4-12(11)17/h2-7H,1H3,(H,19,20). The fraction of sp³-hybridized carbons (Fsp3) is 0.0667. The zero-order valence-electron chi connectivity index (χ0n) is 11.0. The summed E-state index contributed by atoms with van der Waals surface area (Å²) in [5.41, 5.74) is 2.11. The van der Waals surface area contributed by atoms with E-state index in [1.54, 1.807) is 29.5 Å². The molecular weight excluding hydrogens is 372 g/mol. The van der Waals surface area contributed by atoms with Crippen molar-refractivity contribution in [3.63, 3.8) is 0 Å². The maximum Gasteiger partial charge on any atom is 0.257 e. The van der Waals surface area contributed by atoms with Crippen molar-refractivity contribution < 1.29 is 4.79 Å². The van der Waals surface area contributed by atoms with Gasteiger partial charge in [-0.25, -0.2) is 4.98 Å². The molecule has 0 saturated heterocycles. The van der Waals surface area contributed by atoms with E-state index in [2.05, 4.69) is 26.2 Å². The molecule has 0 fully saturated rings. The van der Waals surface area contributed by atoms with Crippen LogP contribution >= 0.6 is 38.9 Å². The van der Waals surface area contributed by atoms with Crippen LogP contribution in [0.2, 0.25) is 5.02 Å². The molecular formula is C15H10BrClN2OS. The van der Waals surface area contributed by atoms with Crippen molar-refractivity contribution in [3.8, 4) is 0 Å². The van der Waals surface area contributed by atoms with Gasteiger partial charge < -0.3 is 5.32 Å². The number of hydrogen-bond donors (Lipinski definition) is 1. The summed E-state index contributed by atoms with van der Waals surface area (Å²) in [6.07, 6.45) is 0. The summed E-state index contributed by atoms with van der Waals surface area (Å²) in [7, 11) is 0. The Labute approximate surface area is 139 Å². The van der Waals surface area contributed by atoms with Crippen LogP contribution in [0.3, 0.4) is 0 Å². The Kier molecular flexibility index (Phi) is 3.97. The number of amides is 1. The molecule has 0 unspecified atom stereocenters. The summed E-state index contributed by atoms with van der Waals surface area (Å²) in [4.78, 5) is 16.7. The molecule has 0 aliphatic rings. The molecule has 106 valence electrons. The highest BCUT2D eigenvalue weighted by Gasteiger charge is 2.12. The fourth-order valence-corrected chi connectivity index (χ4v) is 3.42. The monoisotopic (exact) mass is 380 g/mol. The molecule has 1 aromatic heterocycles. The van der Waals surface area contributed by atoms with Crippen LogP contribution in [0.5, 0.6) is 0 Å². The SMILES string of the molecule is Cc1nc2ccc(NC(=O)c3cc(Br)ccc3Cl)cc2s1. The van der Waals surface area contributed by atoms with Crippen LogP contribution in [-0.4, -0.2) is 10.9 Å². The van der Waals surface area contributed by atoms with Gasteiger partial charge in [0.2, 0.25) is 0 Å². The molecule has 0 atom stereocenters. The van der Waals surface area contributed by atoms with E-state index < -0.39 is 0 Å². The molecule has 1 N–H and O–H groups in total. The average Bonchev–Trinajstić information content (AvgIpc) is 2.80. The number of hydrogen-bond acceptors (Lipinski definition) is 3. The zero-order valence-corrected chi connectivity index (χ0v) is 14.1. The predicted molar refractivity (Wildman–Crippen MR) is 91.5 cm³/mol. The second-order valence-electron chi connectivity index (χ2n) is 4.49. The Hall–Kier alpha value is -1.43. The highest BCUT2D eigenvalue weighted by Crippen LogP contribution is 2.26. The Morgan fingerprint density at radius 2 is 2.10 bits per heavy atom. The lowest BCUT2D eigenvalue weighted by Gasteiger charge is -2.07. The number of aryl methyl sites for hydroxylation is 1. The summed E-state index contributed by atoms with van der Waals surface area (Å²) in [6.45, 7) is 1.96. The molecule has 1 amide bonds. The van der Waals surface area contributed by atoms with Gasteiger partial charge in [-0.1, -0.05) is 27.5 Å². The molecule has 0 saturated carbocycles. The molecule has 3 nitrogen and oxygen atoms in total. The highest BCUT2D eigenvalue weighted by atomic mass is 79.9. The number of aromatic nitrogens is 1. The van der Waals surface area contributed by atoms with E-state index in [0.29, 0.717) is 10.6 Å². The number of anilines is 1. The highest BCUT2D eigenvalue weighted by molar-refractivity contribution is 9.10. The third-order valence-corrected chi connectivity index (χ3v) is 4.68. The summed E-state index contributed by atoms with van der Waals surface area (Å²) in [6, 6.07) is 10.8. The van der Waals surface area contributed by atoms with E-state index in [4.69, 9.17) is 11.6 Å². The predicted octanol–water partition coefficient (Wildman–Crippen LogP) is 5.27. The lowest BCUT2D eigenvalue weighted by Crippen LogP contribution is -2.12. The normalized spacial score (nSPS) is 10.8. The largest absolute Gasteiger partial charge is 0.322 e. The number of halogens is 2. The van der Waals surface area contributed by atoms with Gasteiger partial charge in [-0.2, -0.15) is 0 Å². The van der Waals surface area contributed by atoms with Crippen LogP contribution in [0, 0.1) is 6.92 Å². The first kappa shape index (κ1) is 14.5. The van der Waals surface area contributed by atoms with Crippen LogP contribution in [0.25, 0.3) is 10.2 Å². The van der Waals surface area contributed by atoms with Crippen molar-refractivity contribution in [2.75, 3.05) is 5.32 Å². The number of benzene rings is 2. The van der Waals surface area contributed by atoms with E-state index in [9.17, 15) is 4.79 Å². The maximum absolute atomic E-state index is 12.3. The molecule has 0 bridgehead atoms. The second kappa shape index (κ2) is 5.75. The van der Waals surface area contributed by atoms with Crippen molar-refractivity contribution >= 4 is 60.7 Å². The van der Waals surface area contributed by atoms with E-state index in [-0.39, 0.29) is 5.91 Å². The maximum atomic E-state index is 12.3. The number of carbonyl (C=O) groups is 1. The van der Waals surface area contributed by atoms with Crippen molar-refractivity contribution in [1.29, 1.82) is 0 Å². The zero-order chi connectivity index (χ0) is 15.0. The van der Waals surface area contributed by atoms with E-state index in [1.807, 2.05) is 25.1 Å². The summed E-state index contributed by atoms with van der Waals surface area (Å²) < 4.78 is 1.86. The van der Waals surface area contributed by atoms with E-state index in [0.717, 1.165) is 25.4 Å². The van der Waals surface area contributed by atoms with E-state index in [1.165, 1.54) is 0 Å². The fourth-order valence-electron chi connectivity index (χ4n) is 1.99. The van der Waals surface area contributed by atoms with Crippen molar-refractivity contribution in [2.45, 2.75) is 6.92 Å². The van der Waals surface area contributed by atoms with Crippen LogP contribution < -0.4 is 5.32 Å². The van der Waals surface area contributed by atoms with Crippen molar-refractivity contribution in [2.24, 2.45) is 0 Å². The molecule has 21 heavy (non-hydrogen) atoms. The molecule has 1 heterocycles. The van der Waals surface area contributed by atoms with Crippen molar-refractivity contribution in [3.05, 3.63) is 56.5 Å². The molecule has 2 aromatic carbocycles. The Balaban J connectivity index is 1.90. The third-order valence-electron chi connectivity index (χ3n) is 2.93. The molecule has 0 radical (unpaired) electrons. The molecule has 0 spiro atoms. The van der Waals surface area contributed by atoms with E-state index >= 15 is 0 Å². The number of rotatable bonds is 2. The second-order valence-corrected chi connectivity index (χ2v) is 7.05. The summed E-state index contributed by atoms with van der Waals surface area (Å²) in [5, 5.41) is 4.29. The lowest BCUT2D eigenvalue weighted by atomic mass is 10.2. The first-order chi connectivity index (χ1) is 10.0. The minimum Gasteiger partial charge on any atom is -0.322 e. The van der Waals surface area contributed by atoms with Crippen LogP contribution in [-0.2, 0) is 0 Å². The minimum absolute atomic E-state index is 0.234. The Morgan fingerprint density at radius 3 is 2.90 bits per heavy atom. The first-order valence-electron chi connectivity index (χ1n) is 6.16. The van der Waals surface area contributed by atoms with Gasteiger partial charge in [0, 0.05) is 10.2 Å². The number of nitrogens with zero attached hydrogens (tertiary/aromatic N) is 1. The number of thiazole rings is 1. The van der Waals surface area contributed by atoms with Gasteiger partial charge in [-0.15, -0.1) is 11.3 Å². The van der Waals surface area contributed by atoms with Gasteiger partial charge in [0.15, 0.2) is 0 Å². The van der Waals surface area contributed by atoms with Gasteiger partial charge in [0.25, 0.3) is 5.91 Å². The minimum atomic E-state index is -0.234. The lowest BCUT2D eigenvalue weighted by molar-refractivity contribution is 0.102. The molecule has 0 aliphatic carbocycles. The average molecular weight is 382 g/mol. The first-order valence-corrected chi connectivity index (χ1v) is 8.15. The van der Waals surface area contributed by atoms with Gasteiger partial charge in [0.1, 0.15) is 0 Å². The Bertz CT molecular complexity index is 847. The van der Waals surface area contributed by atoms with Gasteiger partial charge in [-0.05, 0) is 43.3 Å². The van der Waals surface area contributed by atoms with Crippen LogP contribution in [0.15, 0.2) is 40.9 Å². The van der Waals surface area contributed by atoms with Gasteiger partial charge >= 0.3 is 0 Å². The van der Waals surface area contributed by atoms with Crippen LogP contribution in [0.4, 0.5) is 5.69 Å². The third kappa shape index (κ3) is 3.10. The van der Waals surface area contributed by atoms with Crippen molar-refractivity contribution in [1.82, 2.24) is 4.98 Å². The Morgan fingerprint density at radius 1 is 1.29 bits per heavy atom. The van der Waals surface area contributed by atoms with Crippen LogP contribution in [0.1, 0.15) is 15.4 Å². The smallest absolute Gasteiger partial charge is 0.257 e. The molecule has 0 aliphatic heterocycles.